The van der Waals surface area contributed by atoms with Crippen LogP contribution in [0.15, 0.2) is 24.3 Å². The lowest BCUT2D eigenvalue weighted by molar-refractivity contribution is -0.173. The van der Waals surface area contributed by atoms with Gasteiger partial charge in [-0.15, -0.1) is 0 Å². The molecule has 30 heavy (non-hydrogen) atoms. The van der Waals surface area contributed by atoms with E-state index in [4.69, 9.17) is 14.2 Å². The van der Waals surface area contributed by atoms with Gasteiger partial charge in [-0.3, -0.25) is 9.80 Å². The van der Waals surface area contributed by atoms with Crippen LogP contribution in [0.2, 0.25) is 0 Å². The molecule has 0 aromatic heterocycles. The number of nitrogens with zero attached hydrogens (tertiary/aromatic N) is 2. The van der Waals surface area contributed by atoms with Gasteiger partial charge in [-0.25, -0.2) is 0 Å². The van der Waals surface area contributed by atoms with Crippen molar-refractivity contribution in [2.75, 3.05) is 59.2 Å². The van der Waals surface area contributed by atoms with Crippen molar-refractivity contribution in [1.29, 1.82) is 0 Å². The Balaban J connectivity index is 1.16. The second-order valence-electron chi connectivity index (χ2n) is 9.53. The second kappa shape index (κ2) is 9.96. The lowest BCUT2D eigenvalue weighted by Gasteiger charge is -2.48. The summed E-state index contributed by atoms with van der Waals surface area (Å²) in [5.41, 5.74) is 0.637. The van der Waals surface area contributed by atoms with Crippen molar-refractivity contribution in [1.82, 2.24) is 9.80 Å². The third-order valence-corrected chi connectivity index (χ3v) is 6.84. The van der Waals surface area contributed by atoms with E-state index in [-0.39, 0.29) is 5.60 Å². The van der Waals surface area contributed by atoms with Gasteiger partial charge in [0.15, 0.2) is 0 Å². The molecule has 3 aliphatic heterocycles. The minimum absolute atomic E-state index is 0.114. The molecule has 168 valence electrons. The molecule has 6 heteroatoms. The molecule has 0 saturated carbocycles. The summed E-state index contributed by atoms with van der Waals surface area (Å²) in [4.78, 5) is 4.94. The van der Waals surface area contributed by atoms with E-state index in [2.05, 4.69) is 34.1 Å². The molecule has 3 fully saturated rings. The largest absolute Gasteiger partial charge is 0.494 e. The summed E-state index contributed by atoms with van der Waals surface area (Å²) in [6, 6.07) is 8.56. The predicted molar refractivity (Wildman–Crippen MR) is 117 cm³/mol. The Hall–Kier alpha value is -1.18. The van der Waals surface area contributed by atoms with Crippen molar-refractivity contribution in [3.8, 4) is 5.75 Å². The third kappa shape index (κ3) is 6.17. The molecule has 6 nitrogen and oxygen atoms in total. The quantitative estimate of drug-likeness (QED) is 0.687. The van der Waals surface area contributed by atoms with Crippen LogP contribution in [0, 0.1) is 0 Å². The Morgan fingerprint density at radius 3 is 2.40 bits per heavy atom. The van der Waals surface area contributed by atoms with E-state index >= 15 is 0 Å². The summed E-state index contributed by atoms with van der Waals surface area (Å²) < 4.78 is 17.4. The second-order valence-corrected chi connectivity index (χ2v) is 9.53. The van der Waals surface area contributed by atoms with E-state index in [0.717, 1.165) is 96.9 Å². The van der Waals surface area contributed by atoms with Gasteiger partial charge in [-0.2, -0.15) is 0 Å². The van der Waals surface area contributed by atoms with Crippen LogP contribution in [0.1, 0.15) is 44.6 Å². The monoisotopic (exact) mass is 418 g/mol. The molecule has 0 amide bonds. The van der Waals surface area contributed by atoms with Crippen molar-refractivity contribution >= 4 is 0 Å². The highest BCUT2D eigenvalue weighted by Crippen LogP contribution is 2.39. The number of hydrogen-bond acceptors (Lipinski definition) is 6. The standard InChI is InChI=1S/C24H38N2O4/c1-23(27)9-16-30-24(20-23)7-11-26(12-8-24)19-21-3-5-22(6-4-21)29-15-2-10-25-13-17-28-18-14-25/h3-6,27H,2,7-20H2,1H3. The van der Waals surface area contributed by atoms with Gasteiger partial charge in [0.2, 0.25) is 0 Å². The van der Waals surface area contributed by atoms with E-state index < -0.39 is 5.60 Å². The van der Waals surface area contributed by atoms with Crippen molar-refractivity contribution < 1.29 is 19.3 Å². The lowest BCUT2D eigenvalue weighted by Crippen LogP contribution is -2.53. The average Bonchev–Trinajstić information content (AvgIpc) is 2.74. The molecule has 0 radical (unpaired) electrons. The van der Waals surface area contributed by atoms with Gasteiger partial charge in [0.25, 0.3) is 0 Å². The topological polar surface area (TPSA) is 54.4 Å². The molecular weight excluding hydrogens is 380 g/mol. The van der Waals surface area contributed by atoms with Crippen molar-refractivity contribution in [3.05, 3.63) is 29.8 Å². The number of ether oxygens (including phenoxy) is 3. The van der Waals surface area contributed by atoms with Crippen molar-refractivity contribution in [2.24, 2.45) is 0 Å². The molecule has 4 rings (SSSR count). The fourth-order valence-electron chi connectivity index (χ4n) is 5.01. The number of piperidine rings is 1. The van der Waals surface area contributed by atoms with Crippen molar-refractivity contribution in [2.45, 2.75) is 56.8 Å². The first kappa shape index (κ1) is 22.0. The summed E-state index contributed by atoms with van der Waals surface area (Å²) in [5, 5.41) is 10.4. The Morgan fingerprint density at radius 1 is 0.967 bits per heavy atom. The number of morpholine rings is 1. The molecule has 0 bridgehead atoms. The summed E-state index contributed by atoms with van der Waals surface area (Å²) in [6.07, 6.45) is 4.58. The van der Waals surface area contributed by atoms with Crippen LogP contribution >= 0.6 is 0 Å². The van der Waals surface area contributed by atoms with E-state index in [1.807, 2.05) is 6.92 Å². The maximum Gasteiger partial charge on any atom is 0.119 e. The van der Waals surface area contributed by atoms with Gasteiger partial charge in [0.05, 0.1) is 37.6 Å². The average molecular weight is 419 g/mol. The first-order valence-corrected chi connectivity index (χ1v) is 11.6. The maximum absolute atomic E-state index is 10.4. The van der Waals surface area contributed by atoms with Gasteiger partial charge in [0.1, 0.15) is 5.75 Å². The molecule has 3 aliphatic rings. The Bertz CT molecular complexity index is 650. The zero-order valence-electron chi connectivity index (χ0n) is 18.5. The van der Waals surface area contributed by atoms with Crippen LogP contribution in [-0.4, -0.2) is 85.3 Å². The van der Waals surface area contributed by atoms with Gasteiger partial charge >= 0.3 is 0 Å². The molecule has 1 unspecified atom stereocenters. The molecule has 3 heterocycles. The number of benzene rings is 1. The van der Waals surface area contributed by atoms with Crippen LogP contribution in [-0.2, 0) is 16.0 Å². The molecule has 0 aliphatic carbocycles. The van der Waals surface area contributed by atoms with E-state index in [1.54, 1.807) is 0 Å². The fraction of sp³-hybridized carbons (Fsp3) is 0.750. The molecule has 3 saturated heterocycles. The summed E-state index contributed by atoms with van der Waals surface area (Å²) >= 11 is 0. The van der Waals surface area contributed by atoms with Crippen LogP contribution in [0.25, 0.3) is 0 Å². The molecular formula is C24H38N2O4. The van der Waals surface area contributed by atoms with Gasteiger partial charge in [-0.05, 0) is 50.3 Å². The Morgan fingerprint density at radius 2 is 1.70 bits per heavy atom. The van der Waals surface area contributed by atoms with Crippen LogP contribution < -0.4 is 4.74 Å². The molecule has 1 atom stereocenters. The zero-order valence-corrected chi connectivity index (χ0v) is 18.5. The molecule has 1 aromatic rings. The summed E-state index contributed by atoms with van der Waals surface area (Å²) in [6.45, 7) is 11.3. The minimum Gasteiger partial charge on any atom is -0.494 e. The van der Waals surface area contributed by atoms with E-state index in [1.165, 1.54) is 5.56 Å². The maximum atomic E-state index is 10.4. The number of rotatable bonds is 7. The minimum atomic E-state index is -0.571. The molecule has 1 N–H and O–H groups in total. The first-order valence-electron chi connectivity index (χ1n) is 11.6. The highest BCUT2D eigenvalue weighted by atomic mass is 16.5. The van der Waals surface area contributed by atoms with Gasteiger partial charge < -0.3 is 19.3 Å². The summed E-state index contributed by atoms with van der Waals surface area (Å²) in [5.74, 6) is 0.955. The van der Waals surface area contributed by atoms with Gasteiger partial charge in [0, 0.05) is 45.7 Å². The Kier molecular flexibility index (Phi) is 7.32. The SMILES string of the molecule is CC1(O)CCOC2(CCN(Cc3ccc(OCCCN4CCOCC4)cc3)CC2)C1. The van der Waals surface area contributed by atoms with Crippen LogP contribution in [0.3, 0.4) is 0 Å². The normalized spacial score (nSPS) is 27.9. The number of likely N-dealkylation sites (tertiary alicyclic amines) is 1. The highest BCUT2D eigenvalue weighted by Gasteiger charge is 2.44. The van der Waals surface area contributed by atoms with Gasteiger partial charge in [-0.1, -0.05) is 12.1 Å². The highest BCUT2D eigenvalue weighted by molar-refractivity contribution is 5.27. The van der Waals surface area contributed by atoms with Crippen molar-refractivity contribution in [3.63, 3.8) is 0 Å². The Labute approximate surface area is 181 Å². The van der Waals surface area contributed by atoms with Crippen LogP contribution in [0.4, 0.5) is 0 Å². The summed E-state index contributed by atoms with van der Waals surface area (Å²) in [7, 11) is 0. The van der Waals surface area contributed by atoms with E-state index in [9.17, 15) is 5.11 Å². The zero-order chi connectivity index (χ0) is 20.9. The number of aliphatic hydroxyl groups is 1. The predicted octanol–water partition coefficient (Wildman–Crippen LogP) is 2.68. The third-order valence-electron chi connectivity index (χ3n) is 6.84. The van der Waals surface area contributed by atoms with E-state index in [0.29, 0.717) is 6.61 Å². The van der Waals surface area contributed by atoms with Crippen LogP contribution in [0.5, 0.6) is 5.75 Å². The fourth-order valence-corrected chi connectivity index (χ4v) is 5.01. The molecule has 1 aromatic carbocycles. The molecule has 1 spiro atoms. The number of hydrogen-bond donors (Lipinski definition) is 1. The lowest BCUT2D eigenvalue weighted by atomic mass is 9.78. The first-order chi connectivity index (χ1) is 14.5. The smallest absolute Gasteiger partial charge is 0.119 e.